The van der Waals surface area contributed by atoms with Crippen molar-refractivity contribution in [2.45, 2.75) is 103 Å². The maximum atomic E-state index is 13.5. The van der Waals surface area contributed by atoms with Crippen LogP contribution in [0.15, 0.2) is 97.1 Å². The van der Waals surface area contributed by atoms with Crippen molar-refractivity contribution in [1.29, 1.82) is 0 Å². The molecular weight excluding hydrogens is 757 g/mol. The second-order valence-corrected chi connectivity index (χ2v) is 17.6. The fourth-order valence-corrected chi connectivity index (χ4v) is 7.97. The number of imidazole rings is 2. The molecule has 6 aromatic rings. The number of carbonyl (C=O) groups is 2. The van der Waals surface area contributed by atoms with Crippen LogP contribution in [-0.2, 0) is 32.2 Å². The number of benzene rings is 4. The van der Waals surface area contributed by atoms with Gasteiger partial charge in [-0.1, -0.05) is 72.5 Å². The van der Waals surface area contributed by atoms with Gasteiger partial charge < -0.3 is 28.9 Å². The van der Waals surface area contributed by atoms with Gasteiger partial charge in [0.25, 0.3) is 0 Å². The lowest BCUT2D eigenvalue weighted by molar-refractivity contribution is -0.0543. The van der Waals surface area contributed by atoms with Crippen molar-refractivity contribution in [1.82, 2.24) is 29.7 Å². The third-order valence-electron chi connectivity index (χ3n) is 10.4. The Hall–Kier alpha value is -6.16. The van der Waals surface area contributed by atoms with Gasteiger partial charge in [-0.25, -0.2) is 19.6 Å². The topological polar surface area (TPSA) is 135 Å². The number of nitrogens with one attached hydrogen (secondary N) is 2. The number of fused-ring (bicyclic) bond motifs is 2. The third-order valence-corrected chi connectivity index (χ3v) is 10.4. The van der Waals surface area contributed by atoms with Crippen molar-refractivity contribution in [2.75, 3.05) is 13.1 Å². The van der Waals surface area contributed by atoms with Crippen LogP contribution in [0.25, 0.3) is 22.1 Å². The predicted molar refractivity (Wildman–Crippen MR) is 229 cm³/mol. The van der Waals surface area contributed by atoms with Crippen LogP contribution in [0, 0.1) is 11.8 Å². The summed E-state index contributed by atoms with van der Waals surface area (Å²) in [6.07, 6.45) is 0.0236. The van der Waals surface area contributed by atoms with Crippen LogP contribution < -0.4 is 0 Å². The number of ether oxygens (including phenoxy) is 4. The molecule has 2 saturated heterocycles. The third kappa shape index (κ3) is 9.82. The summed E-state index contributed by atoms with van der Waals surface area (Å²) in [5, 5.41) is 0. The zero-order valence-electron chi connectivity index (χ0n) is 35.0. The van der Waals surface area contributed by atoms with Gasteiger partial charge in [-0.3, -0.25) is 9.80 Å². The average molecular weight is 809 g/mol. The van der Waals surface area contributed by atoms with Crippen LogP contribution in [0.2, 0.25) is 0 Å². The van der Waals surface area contributed by atoms with Gasteiger partial charge in [-0.15, -0.1) is 0 Å². The number of aromatic nitrogens is 4. The van der Waals surface area contributed by atoms with Crippen LogP contribution in [-0.4, -0.2) is 78.4 Å². The Morgan fingerprint density at radius 2 is 1.02 bits per heavy atom. The average Bonchev–Trinajstić information content (AvgIpc) is 4.02. The molecule has 12 heteroatoms. The lowest BCUT2D eigenvalue weighted by Crippen LogP contribution is -2.34. The van der Waals surface area contributed by atoms with Crippen LogP contribution >= 0.6 is 0 Å². The van der Waals surface area contributed by atoms with Crippen LogP contribution in [0.1, 0.15) is 100 Å². The number of hydrogen-bond donors (Lipinski definition) is 2. The highest BCUT2D eigenvalue weighted by molar-refractivity contribution is 5.79. The monoisotopic (exact) mass is 808 g/mol. The van der Waals surface area contributed by atoms with Gasteiger partial charge in [0, 0.05) is 24.0 Å². The standard InChI is InChI=1S/C48H52N6O6/c1-47(2,3)59-35-25-41(53(27-35)45(55)57-29-33-13-9-7-10-14-33)43-49-37-21-19-31(23-39(37)51-43)17-18-32-20-22-38-40(24-32)52-44(50-38)42-26-36(60-48(4,5)6)28-54(42)46(56)58-30-34-15-11-8-12-16-34/h7-16,19-24,35-36,41-42H,25-30H2,1-6H3,(H,49,51)(H,50,52)/t35-,36-,41+,42+/m1/s1. The highest BCUT2D eigenvalue weighted by Crippen LogP contribution is 2.37. The molecule has 2 aliphatic rings. The number of hydrogen-bond acceptors (Lipinski definition) is 8. The van der Waals surface area contributed by atoms with Gasteiger partial charge in [0.1, 0.15) is 24.9 Å². The van der Waals surface area contributed by atoms with Gasteiger partial charge in [0.05, 0.1) is 70.7 Å². The molecule has 0 saturated carbocycles. The van der Waals surface area contributed by atoms with Gasteiger partial charge in [0.2, 0.25) is 0 Å². The molecule has 2 fully saturated rings. The summed E-state index contributed by atoms with van der Waals surface area (Å²) in [5.74, 6) is 7.96. The molecule has 4 atom stereocenters. The lowest BCUT2D eigenvalue weighted by atomic mass is 10.1. The first kappa shape index (κ1) is 40.6. The maximum absolute atomic E-state index is 13.5. The number of nitrogens with zero attached hydrogens (tertiary/aromatic N) is 4. The van der Waals surface area contributed by atoms with Gasteiger partial charge in [-0.05, 0) is 89.1 Å². The van der Waals surface area contributed by atoms with E-state index in [9.17, 15) is 9.59 Å². The molecule has 8 rings (SSSR count). The van der Waals surface area contributed by atoms with E-state index < -0.39 is 12.2 Å². The van der Waals surface area contributed by atoms with Gasteiger partial charge in [-0.2, -0.15) is 0 Å². The van der Waals surface area contributed by atoms with Crippen molar-refractivity contribution in [3.05, 3.63) is 131 Å². The second kappa shape index (κ2) is 16.8. The smallest absolute Gasteiger partial charge is 0.410 e. The van der Waals surface area contributed by atoms with E-state index >= 15 is 0 Å². The first-order valence-electron chi connectivity index (χ1n) is 20.5. The molecule has 2 amide bonds. The first-order valence-corrected chi connectivity index (χ1v) is 20.5. The minimum Gasteiger partial charge on any atom is -0.445 e. The lowest BCUT2D eigenvalue weighted by Gasteiger charge is -2.25. The fraction of sp³-hybridized carbons (Fsp3) is 0.375. The normalized spacial score (nSPS) is 19.4. The molecule has 2 aliphatic heterocycles. The van der Waals surface area contributed by atoms with Crippen molar-refractivity contribution >= 4 is 34.3 Å². The molecule has 4 aromatic carbocycles. The summed E-state index contributed by atoms with van der Waals surface area (Å²) in [6, 6.07) is 30.3. The van der Waals surface area contributed by atoms with Crippen LogP contribution in [0.5, 0.6) is 0 Å². The largest absolute Gasteiger partial charge is 0.445 e. The van der Waals surface area contributed by atoms with E-state index in [4.69, 9.17) is 28.9 Å². The molecule has 60 heavy (non-hydrogen) atoms. The molecule has 310 valence electrons. The Bertz CT molecular complexity index is 2350. The summed E-state index contributed by atoms with van der Waals surface area (Å²) in [4.78, 5) is 47.1. The summed E-state index contributed by atoms with van der Waals surface area (Å²) >= 11 is 0. The molecule has 2 aromatic heterocycles. The summed E-state index contributed by atoms with van der Waals surface area (Å²) in [7, 11) is 0. The molecule has 2 N–H and O–H groups in total. The van der Waals surface area contributed by atoms with Crippen molar-refractivity contribution < 1.29 is 28.5 Å². The number of H-pyrrole nitrogens is 2. The number of amides is 2. The van der Waals surface area contributed by atoms with E-state index in [-0.39, 0.29) is 48.7 Å². The number of aromatic amines is 2. The second-order valence-electron chi connectivity index (χ2n) is 17.6. The quantitative estimate of drug-likeness (QED) is 0.145. The highest BCUT2D eigenvalue weighted by Gasteiger charge is 2.42. The van der Waals surface area contributed by atoms with Crippen molar-refractivity contribution in [3.63, 3.8) is 0 Å². The number of likely N-dealkylation sites (tertiary alicyclic amines) is 2. The zero-order valence-corrected chi connectivity index (χ0v) is 35.0. The molecule has 4 heterocycles. The molecule has 12 nitrogen and oxygen atoms in total. The SMILES string of the molecule is CC(C)(C)O[C@@H]1C[C@@H](c2nc3ccc(C#Cc4ccc5nc([C@@H]6C[C@@H](OC(C)(C)C)CN6C(=O)OCc6ccccc6)[nH]c5c4)cc3[nH]2)N(C(=O)OCc2ccccc2)C1. The summed E-state index contributed by atoms with van der Waals surface area (Å²) in [6.45, 7) is 13.3. The Labute approximate surface area is 350 Å². The van der Waals surface area contributed by atoms with Crippen LogP contribution in [0.3, 0.4) is 0 Å². The van der Waals surface area contributed by atoms with Crippen molar-refractivity contribution in [3.8, 4) is 11.8 Å². The molecule has 0 aliphatic carbocycles. The Balaban J connectivity index is 0.986. The van der Waals surface area contributed by atoms with Crippen LogP contribution in [0.4, 0.5) is 9.59 Å². The minimum absolute atomic E-state index is 0.171. The summed E-state index contributed by atoms with van der Waals surface area (Å²) < 4.78 is 24.2. The van der Waals surface area contributed by atoms with Gasteiger partial charge in [0.15, 0.2) is 0 Å². The Morgan fingerprint density at radius 1 is 0.617 bits per heavy atom. The van der Waals surface area contributed by atoms with Gasteiger partial charge >= 0.3 is 12.2 Å². The van der Waals surface area contributed by atoms with Crippen molar-refractivity contribution in [2.24, 2.45) is 0 Å². The maximum Gasteiger partial charge on any atom is 0.410 e. The molecule has 0 bridgehead atoms. The molecular formula is C48H52N6O6. The van der Waals surface area contributed by atoms with E-state index in [1.165, 1.54) is 0 Å². The minimum atomic E-state index is -0.405. The van der Waals surface area contributed by atoms with E-state index in [0.29, 0.717) is 37.6 Å². The van der Waals surface area contributed by atoms with E-state index in [2.05, 4.69) is 21.8 Å². The first-order chi connectivity index (χ1) is 28.7. The number of carbonyl (C=O) groups excluding carboxylic acids is 2. The molecule has 0 spiro atoms. The molecule has 0 radical (unpaired) electrons. The van der Waals surface area contributed by atoms with E-state index in [1.807, 2.05) is 139 Å². The fourth-order valence-electron chi connectivity index (χ4n) is 7.97. The van der Waals surface area contributed by atoms with E-state index in [1.54, 1.807) is 9.80 Å². The zero-order chi connectivity index (χ0) is 42.0. The Morgan fingerprint density at radius 3 is 1.40 bits per heavy atom. The van der Waals surface area contributed by atoms with E-state index in [0.717, 1.165) is 44.3 Å². The molecule has 0 unspecified atom stereocenters. The summed E-state index contributed by atoms with van der Waals surface area (Å²) in [5.41, 5.74) is 5.92. The Kier molecular flexibility index (Phi) is 11.4. The highest BCUT2D eigenvalue weighted by atomic mass is 16.6. The number of rotatable bonds is 8. The predicted octanol–water partition coefficient (Wildman–Crippen LogP) is 9.37.